The second kappa shape index (κ2) is 7.03. The Morgan fingerprint density at radius 3 is 2.50 bits per heavy atom. The molecule has 1 atom stereocenters. The van der Waals surface area contributed by atoms with Crippen LogP contribution in [0.25, 0.3) is 11.3 Å². The zero-order chi connectivity index (χ0) is 18.7. The molecule has 0 unspecified atom stereocenters. The Hall–Kier alpha value is -3.09. The maximum absolute atomic E-state index is 12.8. The van der Waals surface area contributed by atoms with Gasteiger partial charge in [-0.2, -0.15) is 13.2 Å². The Morgan fingerprint density at radius 2 is 1.81 bits per heavy atom. The van der Waals surface area contributed by atoms with Crippen LogP contribution in [0.3, 0.4) is 0 Å². The standard InChI is InChI=1S/C19H15F3N2O2/c1-12(14-8-5-9-15(10-14)19(20,21)22)23-18(25)16-11-17(26-24-16)13-6-3-2-4-7-13/h2-12H,1H3,(H,23,25)/t12-/m0/s1. The zero-order valence-electron chi connectivity index (χ0n) is 13.7. The van der Waals surface area contributed by atoms with Gasteiger partial charge in [-0.25, -0.2) is 0 Å². The second-order valence-corrected chi connectivity index (χ2v) is 5.76. The number of nitrogens with one attached hydrogen (secondary N) is 1. The molecular formula is C19H15F3N2O2. The van der Waals surface area contributed by atoms with Gasteiger partial charge in [0.2, 0.25) is 0 Å². The summed E-state index contributed by atoms with van der Waals surface area (Å²) in [5, 5.41) is 6.36. The number of benzene rings is 2. The van der Waals surface area contributed by atoms with Crippen molar-refractivity contribution in [3.05, 3.63) is 77.5 Å². The smallest absolute Gasteiger partial charge is 0.355 e. The number of alkyl halides is 3. The minimum atomic E-state index is -4.43. The van der Waals surface area contributed by atoms with Crippen molar-refractivity contribution in [2.24, 2.45) is 0 Å². The van der Waals surface area contributed by atoms with Crippen LogP contribution in [0.4, 0.5) is 13.2 Å². The van der Waals surface area contributed by atoms with Gasteiger partial charge in [-0.05, 0) is 24.6 Å². The first-order valence-electron chi connectivity index (χ1n) is 7.85. The first kappa shape index (κ1) is 17.7. The predicted molar refractivity (Wildman–Crippen MR) is 89.3 cm³/mol. The van der Waals surface area contributed by atoms with Gasteiger partial charge >= 0.3 is 6.18 Å². The molecule has 0 aliphatic heterocycles. The van der Waals surface area contributed by atoms with Gasteiger partial charge in [0.1, 0.15) is 0 Å². The fraction of sp³-hybridized carbons (Fsp3) is 0.158. The van der Waals surface area contributed by atoms with Gasteiger partial charge in [0.25, 0.3) is 5.91 Å². The topological polar surface area (TPSA) is 55.1 Å². The number of hydrogen-bond donors (Lipinski definition) is 1. The summed E-state index contributed by atoms with van der Waals surface area (Å²) in [4.78, 5) is 12.3. The molecule has 7 heteroatoms. The second-order valence-electron chi connectivity index (χ2n) is 5.76. The molecule has 0 aliphatic rings. The van der Waals surface area contributed by atoms with Crippen LogP contribution in [0.5, 0.6) is 0 Å². The maximum atomic E-state index is 12.8. The van der Waals surface area contributed by atoms with Crippen molar-refractivity contribution >= 4 is 5.91 Å². The summed E-state index contributed by atoms with van der Waals surface area (Å²) in [5.41, 5.74) is 0.413. The lowest BCUT2D eigenvalue weighted by Crippen LogP contribution is -2.27. The quantitative estimate of drug-likeness (QED) is 0.723. The molecule has 0 fully saturated rings. The average molecular weight is 360 g/mol. The van der Waals surface area contributed by atoms with E-state index in [1.165, 1.54) is 18.2 Å². The molecule has 0 saturated carbocycles. The average Bonchev–Trinajstić information content (AvgIpc) is 3.12. The third-order valence-electron chi connectivity index (χ3n) is 3.86. The highest BCUT2D eigenvalue weighted by molar-refractivity contribution is 5.93. The molecule has 134 valence electrons. The van der Waals surface area contributed by atoms with Crippen LogP contribution in [0, 0.1) is 0 Å². The molecule has 0 radical (unpaired) electrons. The normalized spacial score (nSPS) is 12.6. The molecule has 1 aromatic heterocycles. The van der Waals surface area contributed by atoms with Gasteiger partial charge < -0.3 is 9.84 Å². The minimum Gasteiger partial charge on any atom is -0.355 e. The molecule has 4 nitrogen and oxygen atoms in total. The number of hydrogen-bond acceptors (Lipinski definition) is 3. The molecule has 1 heterocycles. The number of halogens is 3. The Morgan fingerprint density at radius 1 is 1.08 bits per heavy atom. The number of carbonyl (C=O) groups excluding carboxylic acids is 1. The van der Waals surface area contributed by atoms with E-state index in [9.17, 15) is 18.0 Å². The SMILES string of the molecule is C[C@H](NC(=O)c1cc(-c2ccccc2)on1)c1cccc(C(F)(F)F)c1. The summed E-state index contributed by atoms with van der Waals surface area (Å²) in [5.74, 6) is -0.0942. The van der Waals surface area contributed by atoms with E-state index in [1.807, 2.05) is 30.3 Å². The number of carbonyl (C=O) groups is 1. The minimum absolute atomic E-state index is 0.0580. The number of rotatable bonds is 4. The van der Waals surface area contributed by atoms with Gasteiger partial charge in [0.15, 0.2) is 11.5 Å². The number of nitrogens with zero attached hydrogens (tertiary/aromatic N) is 1. The highest BCUT2D eigenvalue weighted by atomic mass is 19.4. The third-order valence-corrected chi connectivity index (χ3v) is 3.86. The van der Waals surface area contributed by atoms with Gasteiger partial charge in [0, 0.05) is 11.6 Å². The summed E-state index contributed by atoms with van der Waals surface area (Å²) >= 11 is 0. The van der Waals surface area contributed by atoms with Crippen molar-refractivity contribution < 1.29 is 22.5 Å². The largest absolute Gasteiger partial charge is 0.416 e. The monoisotopic (exact) mass is 360 g/mol. The molecule has 0 bridgehead atoms. The summed E-state index contributed by atoms with van der Waals surface area (Å²) in [7, 11) is 0. The Balaban J connectivity index is 1.73. The van der Waals surface area contributed by atoms with Crippen LogP contribution < -0.4 is 5.32 Å². The Kier molecular flexibility index (Phi) is 4.79. The molecule has 2 aromatic carbocycles. The summed E-state index contributed by atoms with van der Waals surface area (Å²) in [6, 6.07) is 14.8. The van der Waals surface area contributed by atoms with E-state index in [0.717, 1.165) is 17.7 Å². The van der Waals surface area contributed by atoms with E-state index in [0.29, 0.717) is 11.3 Å². The molecule has 3 rings (SSSR count). The number of aromatic nitrogens is 1. The molecule has 0 aliphatic carbocycles. The van der Waals surface area contributed by atoms with E-state index in [2.05, 4.69) is 10.5 Å². The number of amides is 1. The van der Waals surface area contributed by atoms with Crippen LogP contribution in [0.1, 0.15) is 34.6 Å². The summed E-state index contributed by atoms with van der Waals surface area (Å²) < 4.78 is 43.6. The lowest BCUT2D eigenvalue weighted by molar-refractivity contribution is -0.137. The molecule has 3 aromatic rings. The lowest BCUT2D eigenvalue weighted by atomic mass is 10.0. The van der Waals surface area contributed by atoms with Crippen molar-refractivity contribution in [1.29, 1.82) is 0 Å². The van der Waals surface area contributed by atoms with E-state index >= 15 is 0 Å². The third kappa shape index (κ3) is 3.93. The van der Waals surface area contributed by atoms with E-state index in [4.69, 9.17) is 4.52 Å². The van der Waals surface area contributed by atoms with Crippen LogP contribution in [-0.2, 0) is 6.18 Å². The summed E-state index contributed by atoms with van der Waals surface area (Å²) in [6.45, 7) is 1.60. The van der Waals surface area contributed by atoms with E-state index in [-0.39, 0.29) is 5.69 Å². The highest BCUT2D eigenvalue weighted by Crippen LogP contribution is 2.30. The first-order chi connectivity index (χ1) is 12.3. The molecule has 1 N–H and O–H groups in total. The highest BCUT2D eigenvalue weighted by Gasteiger charge is 2.30. The zero-order valence-corrected chi connectivity index (χ0v) is 13.7. The predicted octanol–water partition coefficient (Wildman–Crippen LogP) is 4.85. The van der Waals surface area contributed by atoms with Crippen LogP contribution in [0.2, 0.25) is 0 Å². The molecular weight excluding hydrogens is 345 g/mol. The van der Waals surface area contributed by atoms with Gasteiger partial charge in [-0.1, -0.05) is 47.6 Å². The van der Waals surface area contributed by atoms with Gasteiger partial charge in [-0.15, -0.1) is 0 Å². The Labute approximate surface area is 147 Å². The van der Waals surface area contributed by atoms with Crippen molar-refractivity contribution in [2.75, 3.05) is 0 Å². The van der Waals surface area contributed by atoms with Crippen molar-refractivity contribution in [3.8, 4) is 11.3 Å². The molecule has 0 spiro atoms. The van der Waals surface area contributed by atoms with Gasteiger partial charge in [-0.3, -0.25) is 4.79 Å². The van der Waals surface area contributed by atoms with Crippen LogP contribution in [-0.4, -0.2) is 11.1 Å². The van der Waals surface area contributed by atoms with Crippen molar-refractivity contribution in [1.82, 2.24) is 10.5 Å². The van der Waals surface area contributed by atoms with Crippen LogP contribution in [0.15, 0.2) is 65.2 Å². The van der Waals surface area contributed by atoms with E-state index < -0.39 is 23.7 Å². The first-order valence-corrected chi connectivity index (χ1v) is 7.85. The van der Waals surface area contributed by atoms with Gasteiger partial charge in [0.05, 0.1) is 11.6 Å². The summed E-state index contributed by atoms with van der Waals surface area (Å²) in [6.07, 6.45) is -4.43. The van der Waals surface area contributed by atoms with Crippen molar-refractivity contribution in [2.45, 2.75) is 19.1 Å². The lowest BCUT2D eigenvalue weighted by Gasteiger charge is -2.15. The maximum Gasteiger partial charge on any atom is 0.416 e. The van der Waals surface area contributed by atoms with E-state index in [1.54, 1.807) is 6.92 Å². The van der Waals surface area contributed by atoms with Crippen molar-refractivity contribution in [3.63, 3.8) is 0 Å². The van der Waals surface area contributed by atoms with Crippen LogP contribution >= 0.6 is 0 Å². The fourth-order valence-corrected chi connectivity index (χ4v) is 2.46. The molecule has 0 saturated heterocycles. The fourth-order valence-electron chi connectivity index (χ4n) is 2.46. The Bertz CT molecular complexity index is 904. The molecule has 26 heavy (non-hydrogen) atoms. The molecule has 1 amide bonds.